The van der Waals surface area contributed by atoms with E-state index in [-0.39, 0.29) is 18.0 Å². The lowest BCUT2D eigenvalue weighted by Gasteiger charge is -2.38. The fraction of sp³-hybridized carbons (Fsp3) is 0.600. The lowest BCUT2D eigenvalue weighted by atomic mass is 9.94. The maximum atomic E-state index is 12.5. The first-order valence-electron chi connectivity index (χ1n) is 9.79. The highest BCUT2D eigenvalue weighted by Crippen LogP contribution is 2.21. The zero-order valence-corrected chi connectivity index (χ0v) is 16.4. The van der Waals surface area contributed by atoms with Crippen molar-refractivity contribution in [3.63, 3.8) is 0 Å². The average molecular weight is 371 g/mol. The minimum absolute atomic E-state index is 0.113. The molecule has 0 saturated carbocycles. The number of carbonyl (C=O) groups is 1. The Hall–Kier alpha value is -2.28. The fourth-order valence-corrected chi connectivity index (χ4v) is 3.68. The molecule has 1 aromatic carbocycles. The zero-order chi connectivity index (χ0) is 19.4. The van der Waals surface area contributed by atoms with Gasteiger partial charge in [-0.3, -0.25) is 14.5 Å². The maximum absolute atomic E-state index is 12.5. The van der Waals surface area contributed by atoms with E-state index in [1.165, 1.54) is 12.8 Å². The molecule has 1 amide bonds. The molecule has 3 rings (SSSR count). The molecule has 1 fully saturated rings. The number of hydrogen-bond acceptors (Lipinski definition) is 5. The average Bonchev–Trinajstić information content (AvgIpc) is 2.65. The minimum atomic E-state index is -0.291. The number of rotatable bonds is 6. The van der Waals surface area contributed by atoms with Crippen molar-refractivity contribution in [1.29, 1.82) is 0 Å². The molecule has 0 bridgehead atoms. The molecule has 1 saturated heterocycles. The van der Waals surface area contributed by atoms with E-state index >= 15 is 0 Å². The van der Waals surface area contributed by atoms with Crippen molar-refractivity contribution in [3.8, 4) is 0 Å². The van der Waals surface area contributed by atoms with Crippen molar-refractivity contribution < 1.29 is 4.79 Å². The van der Waals surface area contributed by atoms with Crippen molar-refractivity contribution in [2.75, 3.05) is 19.6 Å². The number of hydrogen-bond donors (Lipinski definition) is 1. The summed E-state index contributed by atoms with van der Waals surface area (Å²) in [5, 5.41) is 11.4. The summed E-state index contributed by atoms with van der Waals surface area (Å²) in [6.07, 6.45) is 2.42. The van der Waals surface area contributed by atoms with E-state index in [9.17, 15) is 9.59 Å². The van der Waals surface area contributed by atoms with Crippen LogP contribution in [-0.2, 0) is 11.3 Å². The monoisotopic (exact) mass is 371 g/mol. The van der Waals surface area contributed by atoms with Crippen molar-refractivity contribution >= 4 is 16.8 Å². The van der Waals surface area contributed by atoms with Gasteiger partial charge in [-0.15, -0.1) is 5.10 Å². The lowest BCUT2D eigenvalue weighted by Crippen LogP contribution is -2.50. The molecule has 2 aromatic rings. The molecule has 7 nitrogen and oxygen atoms in total. The van der Waals surface area contributed by atoms with Crippen LogP contribution in [0.2, 0.25) is 0 Å². The summed E-state index contributed by atoms with van der Waals surface area (Å²) >= 11 is 0. The number of piperidine rings is 1. The molecule has 0 aliphatic carbocycles. The second-order valence-electron chi connectivity index (χ2n) is 7.90. The molecule has 1 unspecified atom stereocenters. The van der Waals surface area contributed by atoms with E-state index in [0.29, 0.717) is 29.4 Å². The quantitative estimate of drug-likeness (QED) is 0.835. The Morgan fingerprint density at radius 1 is 1.26 bits per heavy atom. The van der Waals surface area contributed by atoms with Crippen LogP contribution in [0.5, 0.6) is 0 Å². The number of amides is 1. The largest absolute Gasteiger partial charge is 0.353 e. The van der Waals surface area contributed by atoms with Crippen LogP contribution in [0, 0.1) is 11.8 Å². The standard InChI is InChI=1S/C20H29N5O2/c1-14(2)18(24-10-8-15(3)9-11-24)12-21-19(26)13-25-20(27)16-6-4-5-7-17(16)22-23-25/h4-7,14-15,18H,8-13H2,1-3H3,(H,21,26). The smallest absolute Gasteiger partial charge is 0.278 e. The molecular formula is C20H29N5O2. The van der Waals surface area contributed by atoms with E-state index in [1.807, 2.05) is 0 Å². The Balaban J connectivity index is 1.61. The summed E-state index contributed by atoms with van der Waals surface area (Å²) in [5.41, 5.74) is 0.250. The molecule has 2 heterocycles. The van der Waals surface area contributed by atoms with Crippen LogP contribution in [0.1, 0.15) is 33.6 Å². The highest BCUT2D eigenvalue weighted by atomic mass is 16.2. The van der Waals surface area contributed by atoms with E-state index in [0.717, 1.165) is 23.7 Å². The van der Waals surface area contributed by atoms with E-state index < -0.39 is 0 Å². The summed E-state index contributed by atoms with van der Waals surface area (Å²) in [5.74, 6) is 1.02. The van der Waals surface area contributed by atoms with Gasteiger partial charge >= 0.3 is 0 Å². The molecule has 146 valence electrons. The Morgan fingerprint density at radius 3 is 2.67 bits per heavy atom. The van der Waals surface area contributed by atoms with Gasteiger partial charge in [-0.2, -0.15) is 0 Å². The van der Waals surface area contributed by atoms with Gasteiger partial charge in [0, 0.05) is 12.6 Å². The molecule has 7 heteroatoms. The number of aromatic nitrogens is 3. The van der Waals surface area contributed by atoms with Gasteiger partial charge < -0.3 is 5.32 Å². The van der Waals surface area contributed by atoms with Crippen molar-refractivity contribution in [3.05, 3.63) is 34.6 Å². The van der Waals surface area contributed by atoms with Crippen LogP contribution in [0.15, 0.2) is 29.1 Å². The third-order valence-corrected chi connectivity index (χ3v) is 5.49. The van der Waals surface area contributed by atoms with Crippen LogP contribution in [0.25, 0.3) is 10.9 Å². The van der Waals surface area contributed by atoms with E-state index in [2.05, 4.69) is 41.3 Å². The van der Waals surface area contributed by atoms with E-state index in [1.54, 1.807) is 24.3 Å². The predicted octanol–water partition coefficient (Wildman–Crippen LogP) is 1.66. The van der Waals surface area contributed by atoms with Gasteiger partial charge in [0.1, 0.15) is 12.1 Å². The molecule has 27 heavy (non-hydrogen) atoms. The maximum Gasteiger partial charge on any atom is 0.278 e. The second kappa shape index (κ2) is 8.61. The van der Waals surface area contributed by atoms with Gasteiger partial charge in [-0.25, -0.2) is 4.68 Å². The van der Waals surface area contributed by atoms with Gasteiger partial charge in [-0.05, 0) is 49.9 Å². The molecular weight excluding hydrogens is 342 g/mol. The Labute approximate surface area is 159 Å². The number of benzene rings is 1. The van der Waals surface area contributed by atoms with Crippen molar-refractivity contribution in [2.24, 2.45) is 11.8 Å². The Kier molecular flexibility index (Phi) is 6.21. The first-order valence-corrected chi connectivity index (χ1v) is 9.79. The van der Waals surface area contributed by atoms with Crippen LogP contribution < -0.4 is 10.9 Å². The summed E-state index contributed by atoms with van der Waals surface area (Å²) in [7, 11) is 0. The number of fused-ring (bicyclic) bond motifs is 1. The molecule has 0 spiro atoms. The molecule has 1 aliphatic heterocycles. The number of nitrogens with one attached hydrogen (secondary N) is 1. The second-order valence-corrected chi connectivity index (χ2v) is 7.90. The van der Waals surface area contributed by atoms with Crippen molar-refractivity contribution in [2.45, 2.75) is 46.2 Å². The lowest BCUT2D eigenvalue weighted by molar-refractivity contribution is -0.122. The van der Waals surface area contributed by atoms with Crippen LogP contribution in [0.3, 0.4) is 0 Å². The molecule has 1 N–H and O–H groups in total. The third-order valence-electron chi connectivity index (χ3n) is 5.49. The Morgan fingerprint density at radius 2 is 1.96 bits per heavy atom. The third kappa shape index (κ3) is 4.71. The number of likely N-dealkylation sites (tertiary alicyclic amines) is 1. The summed E-state index contributed by atoms with van der Waals surface area (Å²) in [6.45, 7) is 9.30. The van der Waals surface area contributed by atoms with Crippen LogP contribution in [0.4, 0.5) is 0 Å². The van der Waals surface area contributed by atoms with Crippen molar-refractivity contribution in [1.82, 2.24) is 25.2 Å². The normalized spacial score (nSPS) is 17.3. The zero-order valence-electron chi connectivity index (χ0n) is 16.4. The molecule has 1 atom stereocenters. The van der Waals surface area contributed by atoms with E-state index in [4.69, 9.17) is 0 Å². The van der Waals surface area contributed by atoms with Gasteiger partial charge in [-0.1, -0.05) is 38.1 Å². The fourth-order valence-electron chi connectivity index (χ4n) is 3.68. The highest BCUT2D eigenvalue weighted by Gasteiger charge is 2.26. The first kappa shape index (κ1) is 19.5. The molecule has 0 radical (unpaired) electrons. The summed E-state index contributed by atoms with van der Waals surface area (Å²) < 4.78 is 1.13. The van der Waals surface area contributed by atoms with Gasteiger partial charge in [0.05, 0.1) is 5.39 Å². The predicted molar refractivity (Wildman–Crippen MR) is 105 cm³/mol. The van der Waals surface area contributed by atoms with Gasteiger partial charge in [0.15, 0.2) is 0 Å². The summed E-state index contributed by atoms with van der Waals surface area (Å²) in [4.78, 5) is 27.3. The molecule has 1 aliphatic rings. The Bertz CT molecular complexity index is 840. The minimum Gasteiger partial charge on any atom is -0.353 e. The molecule has 1 aromatic heterocycles. The topological polar surface area (TPSA) is 80.1 Å². The number of nitrogens with zero attached hydrogens (tertiary/aromatic N) is 4. The van der Waals surface area contributed by atoms with Gasteiger partial charge in [0.25, 0.3) is 5.56 Å². The summed E-state index contributed by atoms with van der Waals surface area (Å²) in [6, 6.07) is 7.33. The van der Waals surface area contributed by atoms with Gasteiger partial charge in [0.2, 0.25) is 5.91 Å². The van der Waals surface area contributed by atoms with Crippen LogP contribution >= 0.6 is 0 Å². The number of carbonyl (C=O) groups excluding carboxylic acids is 1. The van der Waals surface area contributed by atoms with Crippen LogP contribution in [-0.4, -0.2) is 51.5 Å². The first-order chi connectivity index (χ1) is 13.0. The highest BCUT2D eigenvalue weighted by molar-refractivity contribution is 5.78. The SMILES string of the molecule is CC1CCN(C(CNC(=O)Cn2nnc3ccccc3c2=O)C(C)C)CC1.